The molecule has 2 fully saturated rings. The molecule has 1 aliphatic carbocycles. The van der Waals surface area contributed by atoms with Crippen LogP contribution in [0.5, 0.6) is 0 Å². The first-order valence-corrected chi connectivity index (χ1v) is 8.43. The van der Waals surface area contributed by atoms with Crippen LogP contribution < -0.4 is 4.90 Å². The first-order valence-electron chi connectivity index (χ1n) is 8.43. The Morgan fingerprint density at radius 3 is 2.84 bits per heavy atom. The topological polar surface area (TPSA) is 95.3 Å². The van der Waals surface area contributed by atoms with Crippen molar-refractivity contribution < 1.29 is 4.79 Å². The number of aromatic nitrogens is 6. The van der Waals surface area contributed by atoms with Crippen molar-refractivity contribution in [1.29, 1.82) is 0 Å². The van der Waals surface area contributed by atoms with Gasteiger partial charge < -0.3 is 14.8 Å². The minimum atomic E-state index is -0.0413. The van der Waals surface area contributed by atoms with Gasteiger partial charge in [0.05, 0.1) is 18.6 Å². The molecule has 128 valence electrons. The van der Waals surface area contributed by atoms with Crippen molar-refractivity contribution in [2.75, 3.05) is 25.0 Å². The lowest BCUT2D eigenvalue weighted by Gasteiger charge is -2.44. The quantitative estimate of drug-likeness (QED) is 0.752. The summed E-state index contributed by atoms with van der Waals surface area (Å²) >= 11 is 0. The molecule has 1 amide bonds. The van der Waals surface area contributed by atoms with Gasteiger partial charge in [-0.15, -0.1) is 15.3 Å². The first-order chi connectivity index (χ1) is 12.2. The highest BCUT2D eigenvalue weighted by Gasteiger charge is 2.35. The third-order valence-electron chi connectivity index (χ3n) is 5.00. The lowest BCUT2D eigenvalue weighted by atomic mass is 10.1. The summed E-state index contributed by atoms with van der Waals surface area (Å²) in [5.74, 6) is 2.31. The second-order valence-electron chi connectivity index (χ2n) is 6.73. The fraction of sp³-hybridized carbons (Fsp3) is 0.438. The van der Waals surface area contributed by atoms with E-state index in [2.05, 4.69) is 25.1 Å². The molecule has 0 unspecified atom stereocenters. The van der Waals surface area contributed by atoms with Gasteiger partial charge in [0.1, 0.15) is 11.5 Å². The molecular formula is C16H18N8O. The fourth-order valence-corrected chi connectivity index (χ4v) is 3.18. The van der Waals surface area contributed by atoms with Crippen molar-refractivity contribution >= 4 is 17.4 Å². The van der Waals surface area contributed by atoms with Gasteiger partial charge in [0.2, 0.25) is 0 Å². The van der Waals surface area contributed by atoms with E-state index in [0.717, 1.165) is 30.4 Å². The maximum atomic E-state index is 12.3. The Bertz CT molecular complexity index is 923. The number of nitrogens with one attached hydrogen (secondary N) is 1. The molecule has 0 radical (unpaired) electrons. The van der Waals surface area contributed by atoms with Crippen LogP contribution in [0, 0.1) is 0 Å². The predicted molar refractivity (Wildman–Crippen MR) is 89.4 cm³/mol. The molecule has 4 heterocycles. The molecule has 1 saturated carbocycles. The fourth-order valence-electron chi connectivity index (χ4n) is 3.18. The Morgan fingerprint density at radius 2 is 2.12 bits per heavy atom. The normalized spacial score (nSPS) is 17.7. The highest BCUT2D eigenvalue weighted by atomic mass is 16.2. The largest absolute Gasteiger partial charge is 0.351 e. The molecule has 1 N–H and O–H groups in total. The standard InChI is InChI=1S/C16H18N8O/c1-22(16(25)12-6-17-9-18-12)11-7-23(8-11)14-5-4-13-19-20-15(10-2-3-10)24(13)21-14/h4-6,9-11H,2-3,7-8H2,1H3,(H,17,18). The van der Waals surface area contributed by atoms with E-state index >= 15 is 0 Å². The lowest BCUT2D eigenvalue weighted by Crippen LogP contribution is -2.60. The molecule has 9 nitrogen and oxygen atoms in total. The van der Waals surface area contributed by atoms with Gasteiger partial charge in [0.25, 0.3) is 5.91 Å². The Kier molecular flexibility index (Phi) is 3.03. The summed E-state index contributed by atoms with van der Waals surface area (Å²) < 4.78 is 1.86. The minimum Gasteiger partial charge on any atom is -0.351 e. The summed E-state index contributed by atoms with van der Waals surface area (Å²) in [6.45, 7) is 1.52. The zero-order chi connectivity index (χ0) is 17.0. The molecule has 9 heteroatoms. The molecule has 0 bridgehead atoms. The van der Waals surface area contributed by atoms with Crippen molar-refractivity contribution in [3.05, 3.63) is 36.2 Å². The number of carbonyl (C=O) groups excluding carboxylic acids is 1. The van der Waals surface area contributed by atoms with Gasteiger partial charge in [-0.25, -0.2) is 4.98 Å². The molecule has 0 spiro atoms. The second-order valence-corrected chi connectivity index (χ2v) is 6.73. The number of rotatable bonds is 4. The zero-order valence-electron chi connectivity index (χ0n) is 13.8. The molecule has 5 rings (SSSR count). The molecular weight excluding hydrogens is 320 g/mol. The van der Waals surface area contributed by atoms with Crippen LogP contribution in [0.15, 0.2) is 24.7 Å². The molecule has 0 aromatic carbocycles. The Labute approximate surface area is 143 Å². The lowest BCUT2D eigenvalue weighted by molar-refractivity contribution is 0.0699. The van der Waals surface area contributed by atoms with Crippen LogP contribution in [0.1, 0.15) is 35.1 Å². The summed E-state index contributed by atoms with van der Waals surface area (Å²) in [5, 5.41) is 13.2. The predicted octanol–water partition coefficient (Wildman–Crippen LogP) is 0.686. The zero-order valence-corrected chi connectivity index (χ0v) is 13.8. The maximum Gasteiger partial charge on any atom is 0.272 e. The van der Waals surface area contributed by atoms with Crippen LogP contribution in [0.3, 0.4) is 0 Å². The van der Waals surface area contributed by atoms with Gasteiger partial charge in [0.15, 0.2) is 11.5 Å². The summed E-state index contributed by atoms with van der Waals surface area (Å²) in [7, 11) is 1.83. The van der Waals surface area contributed by atoms with Crippen molar-refractivity contribution in [2.45, 2.75) is 24.8 Å². The van der Waals surface area contributed by atoms with Gasteiger partial charge in [0, 0.05) is 26.1 Å². The number of imidazole rings is 1. The first kappa shape index (κ1) is 14.4. The number of hydrogen-bond acceptors (Lipinski definition) is 6. The van der Waals surface area contributed by atoms with Crippen LogP contribution in [0.2, 0.25) is 0 Å². The third kappa shape index (κ3) is 2.34. The van der Waals surface area contributed by atoms with Crippen molar-refractivity contribution in [3.8, 4) is 0 Å². The Morgan fingerprint density at radius 1 is 1.28 bits per heavy atom. The second kappa shape index (κ2) is 5.27. The van der Waals surface area contributed by atoms with E-state index < -0.39 is 0 Å². The van der Waals surface area contributed by atoms with Crippen LogP contribution in [0.4, 0.5) is 5.82 Å². The number of H-pyrrole nitrogens is 1. The van der Waals surface area contributed by atoms with E-state index in [1.807, 2.05) is 23.7 Å². The van der Waals surface area contributed by atoms with Gasteiger partial charge in [-0.1, -0.05) is 0 Å². The van der Waals surface area contributed by atoms with E-state index in [4.69, 9.17) is 5.10 Å². The number of carbonyl (C=O) groups is 1. The van der Waals surface area contributed by atoms with E-state index in [1.54, 1.807) is 11.1 Å². The van der Waals surface area contributed by atoms with Crippen LogP contribution in [-0.4, -0.2) is 66.8 Å². The molecule has 0 atom stereocenters. The molecule has 1 saturated heterocycles. The van der Waals surface area contributed by atoms with E-state index in [0.29, 0.717) is 11.6 Å². The molecule has 3 aromatic rings. The van der Waals surface area contributed by atoms with Crippen molar-refractivity contribution in [3.63, 3.8) is 0 Å². The smallest absolute Gasteiger partial charge is 0.272 e. The Hall–Kier alpha value is -2.97. The van der Waals surface area contributed by atoms with Crippen LogP contribution >= 0.6 is 0 Å². The summed E-state index contributed by atoms with van der Waals surface area (Å²) in [6.07, 6.45) is 5.40. The van der Waals surface area contributed by atoms with Gasteiger partial charge in [-0.2, -0.15) is 4.52 Å². The highest BCUT2D eigenvalue weighted by molar-refractivity contribution is 5.92. The molecule has 1 aliphatic heterocycles. The van der Waals surface area contributed by atoms with Crippen molar-refractivity contribution in [2.24, 2.45) is 0 Å². The summed E-state index contributed by atoms with van der Waals surface area (Å²) in [5.41, 5.74) is 1.30. The summed E-state index contributed by atoms with van der Waals surface area (Å²) in [6, 6.07) is 4.08. The van der Waals surface area contributed by atoms with E-state index in [-0.39, 0.29) is 11.9 Å². The molecule has 2 aliphatic rings. The van der Waals surface area contributed by atoms with Crippen molar-refractivity contribution in [1.82, 2.24) is 34.7 Å². The number of amides is 1. The third-order valence-corrected chi connectivity index (χ3v) is 5.00. The monoisotopic (exact) mass is 338 g/mol. The number of nitrogens with zero attached hydrogens (tertiary/aromatic N) is 7. The summed E-state index contributed by atoms with van der Waals surface area (Å²) in [4.78, 5) is 23.0. The van der Waals surface area contributed by atoms with E-state index in [1.165, 1.54) is 19.2 Å². The van der Waals surface area contributed by atoms with E-state index in [9.17, 15) is 4.79 Å². The molecule has 25 heavy (non-hydrogen) atoms. The average Bonchev–Trinajstić information content (AvgIpc) is 3.11. The minimum absolute atomic E-state index is 0.0413. The average molecular weight is 338 g/mol. The Balaban J connectivity index is 1.31. The van der Waals surface area contributed by atoms with Crippen LogP contribution in [0.25, 0.3) is 5.65 Å². The SMILES string of the molecule is CN(C(=O)c1cnc[nH]1)C1CN(c2ccc3nnc(C4CC4)n3n2)C1. The number of fused-ring (bicyclic) bond motifs is 1. The van der Waals surface area contributed by atoms with Gasteiger partial charge >= 0.3 is 0 Å². The molecule has 3 aromatic heterocycles. The number of aromatic amines is 1. The maximum absolute atomic E-state index is 12.3. The van der Waals surface area contributed by atoms with Gasteiger partial charge in [-0.05, 0) is 25.0 Å². The number of anilines is 1. The number of likely N-dealkylation sites (N-methyl/N-ethyl adjacent to an activating group) is 1. The highest BCUT2D eigenvalue weighted by Crippen LogP contribution is 2.38. The van der Waals surface area contributed by atoms with Crippen LogP contribution in [-0.2, 0) is 0 Å². The van der Waals surface area contributed by atoms with Gasteiger partial charge in [-0.3, -0.25) is 4.79 Å². The number of hydrogen-bond donors (Lipinski definition) is 1.